The van der Waals surface area contributed by atoms with Crippen molar-refractivity contribution in [2.24, 2.45) is 5.73 Å². The zero-order valence-electron chi connectivity index (χ0n) is 14.0. The zero-order valence-corrected chi connectivity index (χ0v) is 14.7. The van der Waals surface area contributed by atoms with E-state index in [0.717, 1.165) is 5.56 Å². The molecule has 0 atom stereocenters. The number of anilines is 1. The maximum Gasteiger partial charge on any atom is 0.344 e. The average Bonchev–Trinajstić information content (AvgIpc) is 2.61. The Kier molecular flexibility index (Phi) is 6.57. The number of hydrogen-bond acceptors (Lipinski definition) is 5. The summed E-state index contributed by atoms with van der Waals surface area (Å²) in [5, 5.41) is 3.08. The largest absolute Gasteiger partial charge is 0.481 e. The SMILES string of the molecule is Cc1ccc(NC(=O)COC(=O)COc2ccccc2C(N)=O)cc1Cl. The Hall–Kier alpha value is -3.06. The number of aryl methyl sites for hydroxylation is 1. The second kappa shape index (κ2) is 8.87. The van der Waals surface area contributed by atoms with Crippen LogP contribution in [0.4, 0.5) is 5.69 Å². The molecule has 136 valence electrons. The highest BCUT2D eigenvalue weighted by molar-refractivity contribution is 6.31. The molecule has 7 nitrogen and oxygen atoms in total. The highest BCUT2D eigenvalue weighted by Crippen LogP contribution is 2.20. The lowest BCUT2D eigenvalue weighted by Gasteiger charge is -2.10. The summed E-state index contributed by atoms with van der Waals surface area (Å²) in [6.07, 6.45) is 0. The Bertz CT molecular complexity index is 838. The minimum absolute atomic E-state index is 0.147. The van der Waals surface area contributed by atoms with Crippen molar-refractivity contribution in [3.63, 3.8) is 0 Å². The third kappa shape index (κ3) is 5.49. The summed E-state index contributed by atoms with van der Waals surface area (Å²) < 4.78 is 10.0. The van der Waals surface area contributed by atoms with Crippen molar-refractivity contribution >= 4 is 35.1 Å². The number of benzene rings is 2. The highest BCUT2D eigenvalue weighted by Gasteiger charge is 2.12. The van der Waals surface area contributed by atoms with Gasteiger partial charge in [0.2, 0.25) is 0 Å². The van der Waals surface area contributed by atoms with E-state index < -0.39 is 31.0 Å². The fraction of sp³-hybridized carbons (Fsp3) is 0.167. The van der Waals surface area contributed by atoms with E-state index in [0.29, 0.717) is 10.7 Å². The molecule has 0 saturated carbocycles. The summed E-state index contributed by atoms with van der Waals surface area (Å²) in [4.78, 5) is 34.7. The van der Waals surface area contributed by atoms with Gasteiger partial charge in [0, 0.05) is 10.7 Å². The lowest BCUT2D eigenvalue weighted by Crippen LogP contribution is -2.24. The molecule has 0 fully saturated rings. The van der Waals surface area contributed by atoms with Gasteiger partial charge in [-0.3, -0.25) is 9.59 Å². The van der Waals surface area contributed by atoms with E-state index in [1.807, 2.05) is 6.92 Å². The van der Waals surface area contributed by atoms with Crippen LogP contribution in [-0.4, -0.2) is 31.0 Å². The molecule has 0 heterocycles. The van der Waals surface area contributed by atoms with Crippen molar-refractivity contribution in [2.75, 3.05) is 18.5 Å². The topological polar surface area (TPSA) is 108 Å². The number of amides is 2. The van der Waals surface area contributed by atoms with Gasteiger partial charge in [-0.15, -0.1) is 0 Å². The van der Waals surface area contributed by atoms with Gasteiger partial charge in [0.05, 0.1) is 5.56 Å². The predicted octanol–water partition coefficient (Wildman–Crippen LogP) is 2.31. The molecule has 3 N–H and O–H groups in total. The van der Waals surface area contributed by atoms with Crippen molar-refractivity contribution in [1.29, 1.82) is 0 Å². The van der Waals surface area contributed by atoms with Crippen molar-refractivity contribution in [3.8, 4) is 5.75 Å². The molecule has 2 aromatic carbocycles. The Morgan fingerprint density at radius 2 is 1.85 bits per heavy atom. The van der Waals surface area contributed by atoms with Crippen LogP contribution in [0, 0.1) is 6.92 Å². The molecule has 2 aromatic rings. The maximum atomic E-state index is 11.8. The first kappa shape index (κ1) is 19.3. The van der Waals surface area contributed by atoms with Crippen LogP contribution in [0.15, 0.2) is 42.5 Å². The fourth-order valence-corrected chi connectivity index (χ4v) is 2.17. The van der Waals surface area contributed by atoms with Gasteiger partial charge in [0.15, 0.2) is 13.2 Å². The summed E-state index contributed by atoms with van der Waals surface area (Å²) in [6.45, 7) is 0.894. The fourth-order valence-electron chi connectivity index (χ4n) is 1.99. The molecule has 26 heavy (non-hydrogen) atoms. The van der Waals surface area contributed by atoms with Gasteiger partial charge in [-0.05, 0) is 36.8 Å². The second-order valence-corrected chi connectivity index (χ2v) is 5.73. The Labute approximate surface area is 155 Å². The van der Waals surface area contributed by atoms with Gasteiger partial charge in [0.1, 0.15) is 5.75 Å². The predicted molar refractivity (Wildman–Crippen MR) is 96.2 cm³/mol. The molecule has 0 aliphatic heterocycles. The van der Waals surface area contributed by atoms with Crippen LogP contribution in [0.2, 0.25) is 5.02 Å². The van der Waals surface area contributed by atoms with Gasteiger partial charge in [-0.2, -0.15) is 0 Å². The number of nitrogens with one attached hydrogen (secondary N) is 1. The summed E-state index contributed by atoms with van der Waals surface area (Å²) in [7, 11) is 0. The maximum absolute atomic E-state index is 11.8. The van der Waals surface area contributed by atoms with Crippen molar-refractivity contribution in [2.45, 2.75) is 6.92 Å². The Morgan fingerprint density at radius 3 is 2.54 bits per heavy atom. The molecule has 0 bridgehead atoms. The lowest BCUT2D eigenvalue weighted by atomic mass is 10.2. The summed E-state index contributed by atoms with van der Waals surface area (Å²) in [6, 6.07) is 11.3. The monoisotopic (exact) mass is 376 g/mol. The van der Waals surface area contributed by atoms with Gasteiger partial charge in [0.25, 0.3) is 11.8 Å². The minimum atomic E-state index is -0.763. The lowest BCUT2D eigenvalue weighted by molar-refractivity contribution is -0.149. The number of carbonyl (C=O) groups excluding carboxylic acids is 3. The number of esters is 1. The first-order chi connectivity index (χ1) is 12.4. The number of carbonyl (C=O) groups is 3. The number of rotatable bonds is 7. The third-order valence-electron chi connectivity index (χ3n) is 3.32. The van der Waals surface area contributed by atoms with Crippen LogP contribution in [0.1, 0.15) is 15.9 Å². The van der Waals surface area contributed by atoms with E-state index in [1.165, 1.54) is 12.1 Å². The first-order valence-electron chi connectivity index (χ1n) is 7.60. The third-order valence-corrected chi connectivity index (χ3v) is 3.73. The first-order valence-corrected chi connectivity index (χ1v) is 7.98. The van der Waals surface area contributed by atoms with E-state index in [1.54, 1.807) is 30.3 Å². The molecule has 8 heteroatoms. The van der Waals surface area contributed by atoms with E-state index in [4.69, 9.17) is 26.8 Å². The summed E-state index contributed by atoms with van der Waals surface area (Å²) in [5.74, 6) is -1.79. The van der Waals surface area contributed by atoms with Crippen molar-refractivity contribution in [3.05, 3.63) is 58.6 Å². The number of para-hydroxylation sites is 1. The van der Waals surface area contributed by atoms with Crippen molar-refractivity contribution < 1.29 is 23.9 Å². The van der Waals surface area contributed by atoms with Gasteiger partial charge < -0.3 is 20.5 Å². The minimum Gasteiger partial charge on any atom is -0.481 e. The quantitative estimate of drug-likeness (QED) is 0.721. The number of primary amides is 1. The zero-order chi connectivity index (χ0) is 19.1. The number of ether oxygens (including phenoxy) is 2. The van der Waals surface area contributed by atoms with E-state index >= 15 is 0 Å². The van der Waals surface area contributed by atoms with Crippen LogP contribution in [-0.2, 0) is 14.3 Å². The molecule has 0 aliphatic carbocycles. The highest BCUT2D eigenvalue weighted by atomic mass is 35.5. The second-order valence-electron chi connectivity index (χ2n) is 5.32. The molecule has 0 spiro atoms. The number of halogens is 1. The standard InChI is InChI=1S/C18H17ClN2O5/c1-11-6-7-12(8-14(11)19)21-16(22)9-26-17(23)10-25-15-5-3-2-4-13(15)18(20)24/h2-8H,9-10H2,1H3,(H2,20,24)(H,21,22). The number of hydrogen-bond donors (Lipinski definition) is 2. The van der Waals surface area contributed by atoms with Crippen LogP contribution >= 0.6 is 11.6 Å². The molecule has 0 saturated heterocycles. The van der Waals surface area contributed by atoms with E-state index in [2.05, 4.69) is 5.32 Å². The molecule has 0 aromatic heterocycles. The van der Waals surface area contributed by atoms with Crippen molar-refractivity contribution in [1.82, 2.24) is 0 Å². The van der Waals surface area contributed by atoms with Crippen LogP contribution in [0.3, 0.4) is 0 Å². The van der Waals surface area contributed by atoms with Crippen LogP contribution in [0.5, 0.6) is 5.75 Å². The Morgan fingerprint density at radius 1 is 1.12 bits per heavy atom. The molecular weight excluding hydrogens is 360 g/mol. The van der Waals surface area contributed by atoms with Gasteiger partial charge in [-0.25, -0.2) is 4.79 Å². The van der Waals surface area contributed by atoms with Gasteiger partial charge in [-0.1, -0.05) is 29.8 Å². The Balaban J connectivity index is 1.80. The normalized spacial score (nSPS) is 10.1. The van der Waals surface area contributed by atoms with Crippen LogP contribution < -0.4 is 15.8 Å². The molecule has 0 radical (unpaired) electrons. The molecule has 0 aliphatic rings. The molecule has 0 unspecified atom stereocenters. The molecule has 2 amide bonds. The van der Waals surface area contributed by atoms with E-state index in [9.17, 15) is 14.4 Å². The van der Waals surface area contributed by atoms with E-state index in [-0.39, 0.29) is 11.3 Å². The molecular formula is C18H17ClN2O5. The smallest absolute Gasteiger partial charge is 0.344 e. The van der Waals surface area contributed by atoms with Gasteiger partial charge >= 0.3 is 5.97 Å². The number of nitrogens with two attached hydrogens (primary N) is 1. The summed E-state index contributed by atoms with van der Waals surface area (Å²) >= 11 is 5.97. The average molecular weight is 377 g/mol. The van der Waals surface area contributed by atoms with Crippen LogP contribution in [0.25, 0.3) is 0 Å². The molecule has 2 rings (SSSR count). The summed E-state index contributed by atoms with van der Waals surface area (Å²) in [5.41, 5.74) is 6.74.